The molecule has 2 aromatic heterocycles. The first-order chi connectivity index (χ1) is 12.3. The molecule has 0 unspecified atom stereocenters. The fourth-order valence-electron chi connectivity index (χ4n) is 2.64. The van der Waals surface area contributed by atoms with Crippen LogP contribution in [-0.4, -0.2) is 72.5 Å². The zero-order valence-electron chi connectivity index (χ0n) is 14.9. The molecule has 26 heavy (non-hydrogen) atoms. The van der Waals surface area contributed by atoms with Gasteiger partial charge in [-0.25, -0.2) is 13.1 Å². The van der Waals surface area contributed by atoms with E-state index in [4.69, 9.17) is 11.6 Å². The minimum Gasteiger partial charge on any atom is -0.353 e. The number of sulfonamides is 1. The van der Waals surface area contributed by atoms with E-state index in [-0.39, 0.29) is 18.3 Å². The molecule has 3 N–H and O–H groups in total. The second-order valence-corrected chi connectivity index (χ2v) is 8.75. The fourth-order valence-corrected chi connectivity index (χ4v) is 4.02. The zero-order chi connectivity index (χ0) is 18.9. The van der Waals surface area contributed by atoms with Crippen LogP contribution in [0.15, 0.2) is 6.07 Å². The lowest BCUT2D eigenvalue weighted by molar-refractivity contribution is 0.443. The van der Waals surface area contributed by atoms with Crippen LogP contribution < -0.4 is 20.3 Å². The molecule has 0 spiro atoms. The Kier molecular flexibility index (Phi) is 5.51. The van der Waals surface area contributed by atoms with Crippen molar-refractivity contribution in [1.29, 1.82) is 0 Å². The number of halogens is 1. The summed E-state index contributed by atoms with van der Waals surface area (Å²) in [6.07, 6.45) is 0. The summed E-state index contributed by atoms with van der Waals surface area (Å²) in [6.45, 7) is 5.36. The molecule has 144 valence electrons. The summed E-state index contributed by atoms with van der Waals surface area (Å²) in [5, 5.41) is 10.7. The molecule has 0 radical (unpaired) electrons. The minimum atomic E-state index is -3.36. The molecule has 0 amide bonds. The first-order valence-corrected chi connectivity index (χ1v) is 10.4. The molecule has 3 rings (SSSR count). The van der Waals surface area contributed by atoms with Crippen LogP contribution in [0.2, 0.25) is 5.15 Å². The number of likely N-dealkylation sites (N-methyl/N-ethyl adjacent to an activating group) is 1. The molecular weight excluding hydrogens is 380 g/mol. The van der Waals surface area contributed by atoms with Crippen LogP contribution in [0.3, 0.4) is 0 Å². The fraction of sp³-hybridized carbons (Fsp3) is 0.643. The van der Waals surface area contributed by atoms with Crippen molar-refractivity contribution in [3.05, 3.63) is 11.2 Å². The predicted molar refractivity (Wildman–Crippen MR) is 101 cm³/mol. The van der Waals surface area contributed by atoms with Crippen molar-refractivity contribution in [2.45, 2.75) is 25.9 Å². The minimum absolute atomic E-state index is 0.0768. The van der Waals surface area contributed by atoms with Gasteiger partial charge in [-0.2, -0.15) is 19.6 Å². The highest BCUT2D eigenvalue weighted by molar-refractivity contribution is 7.89. The van der Waals surface area contributed by atoms with Gasteiger partial charge in [-0.15, -0.1) is 0 Å². The topological polar surface area (TPSA) is 117 Å². The number of rotatable bonds is 8. The Morgan fingerprint density at radius 2 is 2.08 bits per heavy atom. The molecule has 0 saturated carbocycles. The third kappa shape index (κ3) is 4.34. The van der Waals surface area contributed by atoms with E-state index in [9.17, 15) is 8.42 Å². The van der Waals surface area contributed by atoms with E-state index in [0.29, 0.717) is 28.7 Å². The molecule has 0 bridgehead atoms. The summed E-state index contributed by atoms with van der Waals surface area (Å²) in [5.41, 5.74) is 0.554. The van der Waals surface area contributed by atoms with Gasteiger partial charge in [0.05, 0.1) is 5.75 Å². The van der Waals surface area contributed by atoms with Gasteiger partial charge >= 0.3 is 0 Å². The number of nitrogens with zero attached hydrogens (tertiary/aromatic N) is 5. The normalized spacial score (nSPS) is 15.7. The summed E-state index contributed by atoms with van der Waals surface area (Å²) >= 11 is 5.99. The number of hydrogen-bond acceptors (Lipinski definition) is 8. The van der Waals surface area contributed by atoms with Gasteiger partial charge in [-0.05, 0) is 20.9 Å². The van der Waals surface area contributed by atoms with Gasteiger partial charge in [-0.3, -0.25) is 0 Å². The average Bonchev–Trinajstić information content (AvgIpc) is 2.85. The van der Waals surface area contributed by atoms with Crippen LogP contribution in [0, 0.1) is 0 Å². The molecule has 10 nitrogen and oxygen atoms in total. The van der Waals surface area contributed by atoms with E-state index in [1.54, 1.807) is 19.9 Å². The molecule has 2 aromatic rings. The maximum absolute atomic E-state index is 12.0. The Bertz CT molecular complexity index is 878. The maximum atomic E-state index is 12.0. The molecule has 0 aromatic carbocycles. The lowest BCUT2D eigenvalue weighted by Crippen LogP contribution is -2.57. The number of nitrogens with one attached hydrogen (secondary N) is 3. The van der Waals surface area contributed by atoms with Crippen molar-refractivity contribution >= 4 is 39.2 Å². The van der Waals surface area contributed by atoms with E-state index in [2.05, 4.69) is 30.4 Å². The van der Waals surface area contributed by atoms with Crippen LogP contribution in [0.5, 0.6) is 0 Å². The zero-order valence-corrected chi connectivity index (χ0v) is 16.5. The van der Waals surface area contributed by atoms with Crippen molar-refractivity contribution < 1.29 is 8.42 Å². The van der Waals surface area contributed by atoms with Crippen LogP contribution in [0.1, 0.15) is 13.8 Å². The van der Waals surface area contributed by atoms with Crippen LogP contribution in [-0.2, 0) is 10.0 Å². The molecule has 3 heterocycles. The van der Waals surface area contributed by atoms with Crippen molar-refractivity contribution in [1.82, 2.24) is 29.6 Å². The Labute approximate surface area is 157 Å². The highest BCUT2D eigenvalue weighted by Gasteiger charge is 2.28. The second kappa shape index (κ2) is 7.51. The highest BCUT2D eigenvalue weighted by atomic mass is 35.5. The Balaban J connectivity index is 1.76. The second-order valence-electron chi connectivity index (χ2n) is 6.49. The summed E-state index contributed by atoms with van der Waals surface area (Å²) in [6, 6.07) is 1.91. The van der Waals surface area contributed by atoms with Gasteiger partial charge < -0.3 is 15.5 Å². The lowest BCUT2D eigenvalue weighted by Gasteiger charge is -2.39. The SMILES string of the molecule is CNC1CN(c2nc(NCCS(=O)(=O)NC(C)C)n3nc(Cl)cc3n2)C1. The molecular formula is C14H23ClN8O2S. The Hall–Kier alpha value is -1.69. The van der Waals surface area contributed by atoms with Gasteiger partial charge in [0.1, 0.15) is 0 Å². The maximum Gasteiger partial charge on any atom is 0.230 e. The third-order valence-electron chi connectivity index (χ3n) is 3.92. The lowest BCUT2D eigenvalue weighted by atomic mass is 10.1. The summed E-state index contributed by atoms with van der Waals surface area (Å²) in [7, 11) is -1.44. The van der Waals surface area contributed by atoms with Crippen LogP contribution in [0.4, 0.5) is 11.9 Å². The van der Waals surface area contributed by atoms with Crippen LogP contribution >= 0.6 is 11.6 Å². The smallest absolute Gasteiger partial charge is 0.230 e. The largest absolute Gasteiger partial charge is 0.353 e. The summed E-state index contributed by atoms with van der Waals surface area (Å²) < 4.78 is 27.9. The van der Waals surface area contributed by atoms with Gasteiger partial charge in [0, 0.05) is 37.8 Å². The van der Waals surface area contributed by atoms with E-state index in [0.717, 1.165) is 13.1 Å². The van der Waals surface area contributed by atoms with Crippen molar-refractivity contribution in [3.63, 3.8) is 0 Å². The molecule has 1 fully saturated rings. The standard InChI is InChI=1S/C14H23ClN8O2S/c1-9(2)21-26(24,25)5-4-17-13-19-14(22-7-10(8-22)16-3)18-12-6-11(15)20-23(12)13/h6,9-10,16,21H,4-5,7-8H2,1-3H3,(H,17,18,19). The number of aromatic nitrogens is 4. The Morgan fingerprint density at radius 1 is 1.35 bits per heavy atom. The summed E-state index contributed by atoms with van der Waals surface area (Å²) in [5.74, 6) is 0.891. The molecule has 12 heteroatoms. The average molecular weight is 403 g/mol. The van der Waals surface area contributed by atoms with E-state index >= 15 is 0 Å². The van der Waals surface area contributed by atoms with Gasteiger partial charge in [0.2, 0.25) is 21.9 Å². The van der Waals surface area contributed by atoms with Gasteiger partial charge in [-0.1, -0.05) is 11.6 Å². The molecule has 0 aliphatic carbocycles. The predicted octanol–water partition coefficient (Wildman–Crippen LogP) is -0.0746. The Morgan fingerprint density at radius 3 is 2.73 bits per heavy atom. The van der Waals surface area contributed by atoms with Crippen molar-refractivity contribution in [3.8, 4) is 0 Å². The summed E-state index contributed by atoms with van der Waals surface area (Å²) in [4.78, 5) is 11.0. The number of anilines is 2. The molecule has 1 saturated heterocycles. The van der Waals surface area contributed by atoms with Crippen LogP contribution in [0.25, 0.3) is 5.65 Å². The number of fused-ring (bicyclic) bond motifs is 1. The van der Waals surface area contributed by atoms with E-state index < -0.39 is 10.0 Å². The molecule has 1 aliphatic heterocycles. The molecule has 0 atom stereocenters. The monoisotopic (exact) mass is 402 g/mol. The third-order valence-corrected chi connectivity index (χ3v) is 5.68. The van der Waals surface area contributed by atoms with Gasteiger partial charge in [0.25, 0.3) is 0 Å². The first kappa shape index (κ1) is 19.1. The first-order valence-electron chi connectivity index (χ1n) is 8.37. The molecule has 1 aliphatic rings. The highest BCUT2D eigenvalue weighted by Crippen LogP contribution is 2.21. The van der Waals surface area contributed by atoms with E-state index in [1.807, 2.05) is 11.9 Å². The van der Waals surface area contributed by atoms with Gasteiger partial charge in [0.15, 0.2) is 10.8 Å². The number of hydrogen-bond donors (Lipinski definition) is 3. The quantitative estimate of drug-likeness (QED) is 0.561. The van der Waals surface area contributed by atoms with Crippen molar-refractivity contribution in [2.24, 2.45) is 0 Å². The van der Waals surface area contributed by atoms with E-state index in [1.165, 1.54) is 4.52 Å². The van der Waals surface area contributed by atoms with Crippen molar-refractivity contribution in [2.75, 3.05) is 42.7 Å².